The van der Waals surface area contributed by atoms with Crippen LogP contribution in [0.2, 0.25) is 0 Å². The molecular weight excluding hydrogens is 212 g/mol. The first-order valence-electron chi connectivity index (χ1n) is 4.81. The molecule has 1 aromatic carbocycles. The second kappa shape index (κ2) is 3.21. The highest BCUT2D eigenvalue weighted by Gasteiger charge is 2.37. The average Bonchev–Trinajstić information content (AvgIpc) is 2.82. The number of primary sulfonamides is 1. The van der Waals surface area contributed by atoms with Gasteiger partial charge in [-0.25, -0.2) is 13.6 Å². The molecule has 0 heterocycles. The Kier molecular flexibility index (Phi) is 2.24. The van der Waals surface area contributed by atoms with Crippen LogP contribution in [0.4, 0.5) is 5.69 Å². The first-order valence-corrected chi connectivity index (χ1v) is 6.35. The summed E-state index contributed by atoms with van der Waals surface area (Å²) in [6.07, 6.45) is 2.12. The molecule has 0 spiro atoms. The van der Waals surface area contributed by atoms with E-state index in [2.05, 4.69) is 12.2 Å². The maximum atomic E-state index is 11.3. The molecule has 0 radical (unpaired) electrons. The number of anilines is 1. The summed E-state index contributed by atoms with van der Waals surface area (Å²) in [4.78, 5) is 0.165. The van der Waals surface area contributed by atoms with Crippen LogP contribution in [-0.4, -0.2) is 14.0 Å². The van der Waals surface area contributed by atoms with E-state index in [0.29, 0.717) is 5.69 Å². The van der Waals surface area contributed by atoms with Gasteiger partial charge in [0.05, 0.1) is 5.69 Å². The van der Waals surface area contributed by atoms with Gasteiger partial charge in [0.25, 0.3) is 0 Å². The Labute approximate surface area is 89.5 Å². The van der Waals surface area contributed by atoms with E-state index in [0.717, 1.165) is 12.8 Å². The van der Waals surface area contributed by atoms with E-state index in [9.17, 15) is 8.42 Å². The molecule has 5 heteroatoms. The van der Waals surface area contributed by atoms with Gasteiger partial charge < -0.3 is 5.32 Å². The lowest BCUT2D eigenvalue weighted by Crippen LogP contribution is -2.20. The van der Waals surface area contributed by atoms with Gasteiger partial charge in [-0.2, -0.15) is 0 Å². The third kappa shape index (κ3) is 2.30. The van der Waals surface area contributed by atoms with Crippen molar-refractivity contribution >= 4 is 15.7 Å². The summed E-state index contributed by atoms with van der Waals surface area (Å²) in [7, 11) is -3.64. The van der Waals surface area contributed by atoms with Crippen LogP contribution in [0, 0.1) is 0 Å². The van der Waals surface area contributed by atoms with Crippen LogP contribution in [-0.2, 0) is 10.0 Å². The molecule has 3 N–H and O–H groups in total. The van der Waals surface area contributed by atoms with Gasteiger partial charge in [-0.05, 0) is 31.9 Å². The van der Waals surface area contributed by atoms with Crippen LogP contribution in [0.5, 0.6) is 0 Å². The molecule has 4 nitrogen and oxygen atoms in total. The minimum Gasteiger partial charge on any atom is -0.379 e. The van der Waals surface area contributed by atoms with Crippen LogP contribution in [0.1, 0.15) is 19.8 Å². The predicted molar refractivity (Wildman–Crippen MR) is 59.1 cm³/mol. The van der Waals surface area contributed by atoms with Crippen molar-refractivity contribution in [1.82, 2.24) is 0 Å². The van der Waals surface area contributed by atoms with Gasteiger partial charge in [-0.3, -0.25) is 0 Å². The smallest absolute Gasteiger partial charge is 0.240 e. The van der Waals surface area contributed by atoms with Gasteiger partial charge in [-0.15, -0.1) is 0 Å². The number of nitrogens with two attached hydrogens (primary N) is 1. The molecule has 1 fully saturated rings. The molecule has 1 aliphatic rings. The molecule has 0 amide bonds. The Morgan fingerprint density at radius 3 is 2.47 bits per heavy atom. The number of benzene rings is 1. The second-order valence-electron chi connectivity index (χ2n) is 4.23. The van der Waals surface area contributed by atoms with E-state index >= 15 is 0 Å². The van der Waals surface area contributed by atoms with E-state index in [-0.39, 0.29) is 10.4 Å². The quantitative estimate of drug-likeness (QED) is 0.816. The largest absolute Gasteiger partial charge is 0.379 e. The minimum atomic E-state index is -3.64. The Hall–Kier alpha value is -1.07. The van der Waals surface area contributed by atoms with Crippen LogP contribution < -0.4 is 10.5 Å². The molecule has 1 aromatic rings. The Morgan fingerprint density at radius 1 is 1.33 bits per heavy atom. The van der Waals surface area contributed by atoms with E-state index in [4.69, 9.17) is 5.14 Å². The van der Waals surface area contributed by atoms with Gasteiger partial charge in [0.2, 0.25) is 10.0 Å². The molecule has 0 saturated heterocycles. The van der Waals surface area contributed by atoms with Gasteiger partial charge in [0.15, 0.2) is 0 Å². The lowest BCUT2D eigenvalue weighted by atomic mass is 10.2. The fraction of sp³-hybridized carbons (Fsp3) is 0.400. The van der Waals surface area contributed by atoms with E-state index in [1.54, 1.807) is 18.2 Å². The maximum Gasteiger partial charge on any atom is 0.240 e. The summed E-state index contributed by atoms with van der Waals surface area (Å²) >= 11 is 0. The topological polar surface area (TPSA) is 72.2 Å². The monoisotopic (exact) mass is 226 g/mol. The normalized spacial score (nSPS) is 18.5. The molecule has 0 unspecified atom stereocenters. The van der Waals surface area contributed by atoms with Gasteiger partial charge in [0.1, 0.15) is 4.90 Å². The molecule has 0 bridgehead atoms. The average molecular weight is 226 g/mol. The lowest BCUT2D eigenvalue weighted by Gasteiger charge is -2.15. The fourth-order valence-electron chi connectivity index (χ4n) is 1.46. The molecule has 82 valence electrons. The molecule has 15 heavy (non-hydrogen) atoms. The van der Waals surface area contributed by atoms with E-state index < -0.39 is 10.0 Å². The van der Waals surface area contributed by atoms with Gasteiger partial charge in [0, 0.05) is 5.54 Å². The maximum absolute atomic E-state index is 11.3. The number of sulfonamides is 1. The zero-order valence-electron chi connectivity index (χ0n) is 8.53. The van der Waals surface area contributed by atoms with Crippen molar-refractivity contribution in [1.29, 1.82) is 0 Å². The number of rotatable bonds is 3. The van der Waals surface area contributed by atoms with Crippen LogP contribution in [0.3, 0.4) is 0 Å². The minimum absolute atomic E-state index is 0.0425. The zero-order valence-corrected chi connectivity index (χ0v) is 9.34. The molecule has 1 aliphatic carbocycles. The van der Waals surface area contributed by atoms with Crippen LogP contribution >= 0.6 is 0 Å². The fourth-order valence-corrected chi connectivity index (χ4v) is 2.15. The van der Waals surface area contributed by atoms with Gasteiger partial charge in [-0.1, -0.05) is 12.1 Å². The van der Waals surface area contributed by atoms with Gasteiger partial charge >= 0.3 is 0 Å². The molecule has 0 aliphatic heterocycles. The summed E-state index contributed by atoms with van der Waals surface area (Å²) < 4.78 is 22.6. The highest BCUT2D eigenvalue weighted by molar-refractivity contribution is 7.89. The number of hydrogen-bond donors (Lipinski definition) is 2. The number of nitrogens with one attached hydrogen (secondary N) is 1. The lowest BCUT2D eigenvalue weighted by molar-refractivity contribution is 0.598. The molecule has 1 saturated carbocycles. The summed E-state index contributed by atoms with van der Waals surface area (Å²) in [5.41, 5.74) is 0.640. The highest BCUT2D eigenvalue weighted by atomic mass is 32.2. The van der Waals surface area contributed by atoms with E-state index in [1.807, 2.05) is 0 Å². The second-order valence-corrected chi connectivity index (χ2v) is 5.76. The van der Waals surface area contributed by atoms with Crippen LogP contribution in [0.15, 0.2) is 29.2 Å². The van der Waals surface area contributed by atoms with Crippen molar-refractivity contribution in [2.45, 2.75) is 30.2 Å². The first-order chi connectivity index (χ1) is 6.91. The van der Waals surface area contributed by atoms with Crippen molar-refractivity contribution < 1.29 is 8.42 Å². The first kappa shape index (κ1) is 10.4. The standard InChI is InChI=1S/C10H14N2O2S/c1-10(6-7-10)12-8-4-2-3-5-9(8)15(11,13)14/h2-5,12H,6-7H2,1H3,(H2,11,13,14). The molecular formula is C10H14N2O2S. The zero-order chi connectivity index (χ0) is 11.1. The van der Waals surface area contributed by atoms with Crippen molar-refractivity contribution in [3.05, 3.63) is 24.3 Å². The SMILES string of the molecule is CC1(Nc2ccccc2S(N)(=O)=O)CC1. The van der Waals surface area contributed by atoms with Crippen LogP contribution in [0.25, 0.3) is 0 Å². The summed E-state index contributed by atoms with van der Waals surface area (Å²) in [5, 5.41) is 8.34. The number of para-hydroxylation sites is 1. The van der Waals surface area contributed by atoms with E-state index in [1.165, 1.54) is 6.07 Å². The Balaban J connectivity index is 2.38. The molecule has 2 rings (SSSR count). The number of hydrogen-bond acceptors (Lipinski definition) is 3. The highest BCUT2D eigenvalue weighted by Crippen LogP contribution is 2.39. The summed E-state index contributed by atoms with van der Waals surface area (Å²) in [6.45, 7) is 2.06. The third-order valence-electron chi connectivity index (χ3n) is 2.63. The third-order valence-corrected chi connectivity index (χ3v) is 3.60. The predicted octanol–water partition coefficient (Wildman–Crippen LogP) is 1.30. The Morgan fingerprint density at radius 2 is 1.93 bits per heavy atom. The van der Waals surface area contributed by atoms with Crippen molar-refractivity contribution in [2.24, 2.45) is 5.14 Å². The van der Waals surface area contributed by atoms with Crippen molar-refractivity contribution in [2.75, 3.05) is 5.32 Å². The summed E-state index contributed by atoms with van der Waals surface area (Å²) in [5.74, 6) is 0. The Bertz CT molecular complexity index is 478. The van der Waals surface area contributed by atoms with Crippen molar-refractivity contribution in [3.63, 3.8) is 0 Å². The molecule has 0 aromatic heterocycles. The molecule has 0 atom stereocenters. The van der Waals surface area contributed by atoms with Crippen molar-refractivity contribution in [3.8, 4) is 0 Å². The summed E-state index contributed by atoms with van der Waals surface area (Å²) in [6, 6.07) is 6.72.